The lowest BCUT2D eigenvalue weighted by Crippen LogP contribution is -2.30. The molecule has 1 aromatic rings. The van der Waals surface area contributed by atoms with Gasteiger partial charge in [-0.2, -0.15) is 0 Å². The second-order valence-corrected chi connectivity index (χ2v) is 4.81. The van der Waals surface area contributed by atoms with Gasteiger partial charge in [-0.3, -0.25) is 4.79 Å². The van der Waals surface area contributed by atoms with E-state index in [1.165, 1.54) is 5.56 Å². The molecule has 0 spiro atoms. The van der Waals surface area contributed by atoms with Crippen molar-refractivity contribution in [3.8, 4) is 0 Å². The number of rotatable bonds is 5. The van der Waals surface area contributed by atoms with E-state index in [9.17, 15) is 4.79 Å². The Balaban J connectivity index is 2.27. The quantitative estimate of drug-likeness (QED) is 0.737. The molecule has 0 radical (unpaired) electrons. The second-order valence-electron chi connectivity index (χ2n) is 4.81. The molecule has 0 fully saturated rings. The highest BCUT2D eigenvalue weighted by Gasteiger charge is 2.22. The van der Waals surface area contributed by atoms with Crippen molar-refractivity contribution in [3.63, 3.8) is 0 Å². The Morgan fingerprint density at radius 2 is 2.28 bits per heavy atom. The molecule has 1 aliphatic rings. The molecule has 1 heterocycles. The minimum atomic E-state index is 0.0778. The van der Waals surface area contributed by atoms with E-state index in [-0.39, 0.29) is 11.9 Å². The second kappa shape index (κ2) is 5.50. The highest BCUT2D eigenvalue weighted by Crippen LogP contribution is 2.30. The van der Waals surface area contributed by atoms with Gasteiger partial charge in [-0.15, -0.1) is 0 Å². The van der Waals surface area contributed by atoms with E-state index in [1.54, 1.807) is 0 Å². The minimum Gasteiger partial charge on any atom is -0.330 e. The van der Waals surface area contributed by atoms with E-state index in [4.69, 9.17) is 5.73 Å². The van der Waals surface area contributed by atoms with Crippen LogP contribution in [0.4, 0.5) is 5.69 Å². The Kier molecular flexibility index (Phi) is 3.99. The van der Waals surface area contributed by atoms with Gasteiger partial charge in [0.2, 0.25) is 5.91 Å². The molecule has 4 heteroatoms. The van der Waals surface area contributed by atoms with Crippen LogP contribution < -0.4 is 16.4 Å². The molecule has 2 rings (SSSR count). The van der Waals surface area contributed by atoms with Crippen LogP contribution >= 0.6 is 0 Å². The van der Waals surface area contributed by atoms with Crippen molar-refractivity contribution in [3.05, 3.63) is 29.3 Å². The first-order chi connectivity index (χ1) is 8.69. The summed E-state index contributed by atoms with van der Waals surface area (Å²) in [5, 5.41) is 6.19. The molecule has 2 unspecified atom stereocenters. The van der Waals surface area contributed by atoms with Crippen LogP contribution in [0.3, 0.4) is 0 Å². The Bertz CT molecular complexity index is 441. The van der Waals surface area contributed by atoms with Gasteiger partial charge < -0.3 is 16.4 Å². The number of hydrogen-bond acceptors (Lipinski definition) is 3. The molecule has 1 amide bonds. The molecule has 0 saturated heterocycles. The van der Waals surface area contributed by atoms with Crippen molar-refractivity contribution in [2.24, 2.45) is 11.7 Å². The molecule has 0 bridgehead atoms. The van der Waals surface area contributed by atoms with Crippen molar-refractivity contribution < 1.29 is 4.79 Å². The Morgan fingerprint density at radius 3 is 2.89 bits per heavy atom. The smallest absolute Gasteiger partial charge is 0.228 e. The number of fused-ring (bicyclic) bond motifs is 1. The fourth-order valence-electron chi connectivity index (χ4n) is 2.66. The molecule has 2 atom stereocenters. The molecule has 1 aromatic carbocycles. The number of anilines is 1. The monoisotopic (exact) mass is 247 g/mol. The predicted octanol–water partition coefficient (Wildman–Crippen LogP) is 1.43. The summed E-state index contributed by atoms with van der Waals surface area (Å²) >= 11 is 0. The van der Waals surface area contributed by atoms with Gasteiger partial charge in [0, 0.05) is 11.7 Å². The molecule has 4 N–H and O–H groups in total. The summed E-state index contributed by atoms with van der Waals surface area (Å²) in [5.41, 5.74) is 9.07. The van der Waals surface area contributed by atoms with Gasteiger partial charge in [-0.05, 0) is 36.7 Å². The summed E-state index contributed by atoms with van der Waals surface area (Å²) in [6, 6.07) is 6.43. The highest BCUT2D eigenvalue weighted by molar-refractivity contribution is 5.99. The predicted molar refractivity (Wildman–Crippen MR) is 73.4 cm³/mol. The maximum absolute atomic E-state index is 11.4. The Hall–Kier alpha value is -1.39. The van der Waals surface area contributed by atoms with E-state index in [1.807, 2.05) is 13.1 Å². The van der Waals surface area contributed by atoms with Crippen molar-refractivity contribution >= 4 is 11.6 Å². The summed E-state index contributed by atoms with van der Waals surface area (Å²) < 4.78 is 0. The standard InChI is InChI=1S/C14H21N3O/c1-3-9(8-15)14(16-2)10-4-5-12-11(6-10)7-13(18)17-12/h4-6,9,14,16H,3,7-8,15H2,1-2H3,(H,17,18). The van der Waals surface area contributed by atoms with Crippen LogP contribution in [0.2, 0.25) is 0 Å². The Labute approximate surface area is 108 Å². The van der Waals surface area contributed by atoms with Gasteiger partial charge in [0.15, 0.2) is 0 Å². The van der Waals surface area contributed by atoms with Crippen LogP contribution in [-0.2, 0) is 11.2 Å². The third-order valence-electron chi connectivity index (χ3n) is 3.72. The number of carbonyl (C=O) groups is 1. The van der Waals surface area contributed by atoms with Crippen LogP contribution in [0, 0.1) is 5.92 Å². The first-order valence-corrected chi connectivity index (χ1v) is 6.49. The van der Waals surface area contributed by atoms with E-state index >= 15 is 0 Å². The van der Waals surface area contributed by atoms with Gasteiger partial charge >= 0.3 is 0 Å². The molecule has 0 aromatic heterocycles. The third-order valence-corrected chi connectivity index (χ3v) is 3.72. The summed E-state index contributed by atoms with van der Waals surface area (Å²) in [5.74, 6) is 0.493. The average Bonchev–Trinajstić information content (AvgIpc) is 2.74. The van der Waals surface area contributed by atoms with Gasteiger partial charge in [0.05, 0.1) is 6.42 Å². The largest absolute Gasteiger partial charge is 0.330 e. The third kappa shape index (κ3) is 2.40. The molecule has 4 nitrogen and oxygen atoms in total. The van der Waals surface area contributed by atoms with E-state index in [0.717, 1.165) is 17.7 Å². The van der Waals surface area contributed by atoms with Crippen molar-refractivity contribution in [2.45, 2.75) is 25.8 Å². The minimum absolute atomic E-state index is 0.0778. The number of nitrogens with one attached hydrogen (secondary N) is 2. The van der Waals surface area contributed by atoms with E-state index in [0.29, 0.717) is 18.9 Å². The molecule has 18 heavy (non-hydrogen) atoms. The summed E-state index contributed by atoms with van der Waals surface area (Å²) in [6.45, 7) is 2.82. The van der Waals surface area contributed by atoms with E-state index < -0.39 is 0 Å². The van der Waals surface area contributed by atoms with Crippen molar-refractivity contribution in [2.75, 3.05) is 18.9 Å². The average molecular weight is 247 g/mol. The maximum Gasteiger partial charge on any atom is 0.228 e. The Morgan fingerprint density at radius 1 is 1.50 bits per heavy atom. The fourth-order valence-corrected chi connectivity index (χ4v) is 2.66. The van der Waals surface area contributed by atoms with E-state index in [2.05, 4.69) is 29.7 Å². The number of benzene rings is 1. The molecular weight excluding hydrogens is 226 g/mol. The van der Waals surface area contributed by atoms with Gasteiger partial charge in [-0.1, -0.05) is 25.5 Å². The zero-order valence-corrected chi connectivity index (χ0v) is 11.0. The van der Waals surface area contributed by atoms with Crippen molar-refractivity contribution in [1.29, 1.82) is 0 Å². The van der Waals surface area contributed by atoms with Gasteiger partial charge in [-0.25, -0.2) is 0 Å². The van der Waals surface area contributed by atoms with Crippen LogP contribution in [0.5, 0.6) is 0 Å². The SMILES string of the molecule is CCC(CN)C(NC)c1ccc2c(c1)CC(=O)N2. The number of carbonyl (C=O) groups excluding carboxylic acids is 1. The topological polar surface area (TPSA) is 67.1 Å². The highest BCUT2D eigenvalue weighted by atomic mass is 16.1. The lowest BCUT2D eigenvalue weighted by molar-refractivity contribution is -0.115. The summed E-state index contributed by atoms with van der Waals surface area (Å²) in [4.78, 5) is 11.4. The molecule has 1 aliphatic heterocycles. The normalized spacial score (nSPS) is 17.2. The summed E-state index contributed by atoms with van der Waals surface area (Å²) in [7, 11) is 1.96. The summed E-state index contributed by atoms with van der Waals surface area (Å²) in [6.07, 6.45) is 1.52. The lowest BCUT2D eigenvalue weighted by atomic mass is 9.90. The molecule has 0 aliphatic carbocycles. The van der Waals surface area contributed by atoms with Gasteiger partial charge in [0.1, 0.15) is 0 Å². The first-order valence-electron chi connectivity index (χ1n) is 6.49. The van der Waals surface area contributed by atoms with Crippen LogP contribution in [0.15, 0.2) is 18.2 Å². The van der Waals surface area contributed by atoms with Crippen LogP contribution in [-0.4, -0.2) is 19.5 Å². The zero-order valence-electron chi connectivity index (χ0n) is 11.0. The zero-order chi connectivity index (χ0) is 13.1. The molecule has 98 valence electrons. The lowest BCUT2D eigenvalue weighted by Gasteiger charge is -2.25. The molecular formula is C14H21N3O. The van der Waals surface area contributed by atoms with Crippen LogP contribution in [0.1, 0.15) is 30.5 Å². The first kappa shape index (κ1) is 13.1. The number of nitrogens with two attached hydrogens (primary N) is 1. The number of hydrogen-bond donors (Lipinski definition) is 3. The maximum atomic E-state index is 11.4. The van der Waals surface area contributed by atoms with Gasteiger partial charge in [0.25, 0.3) is 0 Å². The fraction of sp³-hybridized carbons (Fsp3) is 0.500. The molecule has 0 saturated carbocycles. The van der Waals surface area contributed by atoms with Crippen molar-refractivity contribution in [1.82, 2.24) is 5.32 Å². The number of amides is 1. The van der Waals surface area contributed by atoms with Crippen LogP contribution in [0.25, 0.3) is 0 Å².